The summed E-state index contributed by atoms with van der Waals surface area (Å²) in [5, 5.41) is 3.57. The van der Waals surface area contributed by atoms with Gasteiger partial charge in [-0.2, -0.15) is 0 Å². The summed E-state index contributed by atoms with van der Waals surface area (Å²) in [6.45, 7) is 2.93. The monoisotopic (exact) mass is 307 g/mol. The fourth-order valence-corrected chi connectivity index (χ4v) is 2.09. The van der Waals surface area contributed by atoms with Crippen LogP contribution in [0.4, 0.5) is 0 Å². The van der Waals surface area contributed by atoms with Crippen LogP contribution in [0.2, 0.25) is 5.02 Å². The first-order chi connectivity index (χ1) is 10.1. The van der Waals surface area contributed by atoms with E-state index in [0.717, 1.165) is 5.56 Å². The van der Waals surface area contributed by atoms with E-state index in [1.807, 2.05) is 31.2 Å². The van der Waals surface area contributed by atoms with Gasteiger partial charge in [0.25, 0.3) is 5.91 Å². The van der Waals surface area contributed by atoms with Gasteiger partial charge in [-0.25, -0.2) is 0 Å². The zero-order chi connectivity index (χ0) is 15.2. The lowest BCUT2D eigenvalue weighted by atomic mass is 10.0. The average Bonchev–Trinajstić information content (AvgIpc) is 2.94. The Labute approximate surface area is 129 Å². The van der Waals surface area contributed by atoms with E-state index in [4.69, 9.17) is 20.8 Å². The summed E-state index contributed by atoms with van der Waals surface area (Å²) in [5.74, 6) is 0.900. The van der Waals surface area contributed by atoms with Gasteiger partial charge in [0, 0.05) is 18.7 Å². The molecule has 0 radical (unpaired) electrons. The zero-order valence-electron chi connectivity index (χ0n) is 12.1. The van der Waals surface area contributed by atoms with Gasteiger partial charge in [-0.15, -0.1) is 0 Å². The molecule has 112 valence electrons. The summed E-state index contributed by atoms with van der Waals surface area (Å²) in [4.78, 5) is 12.0. The smallest absolute Gasteiger partial charge is 0.287 e. The Hall–Kier alpha value is -1.78. The molecule has 0 aliphatic rings. The molecule has 21 heavy (non-hydrogen) atoms. The summed E-state index contributed by atoms with van der Waals surface area (Å²) in [6, 6.07) is 11.0. The second-order valence-electron chi connectivity index (χ2n) is 4.86. The molecule has 0 fully saturated rings. The maximum absolute atomic E-state index is 12.0. The normalized spacial score (nSPS) is 12.1. The number of benzene rings is 1. The van der Waals surface area contributed by atoms with Crippen molar-refractivity contribution >= 4 is 17.5 Å². The highest BCUT2D eigenvalue weighted by Crippen LogP contribution is 2.17. The number of amides is 1. The summed E-state index contributed by atoms with van der Waals surface area (Å²) in [7, 11) is 1.58. The molecule has 1 aromatic carbocycles. The standard InChI is InChI=1S/C16H18ClNO3/c1-11(12-3-5-13(17)6-4-12)9-18-16(19)15-8-7-14(21-15)10-20-2/h3-8,11H,9-10H2,1-2H3,(H,18,19)/t11-/m0/s1. The molecule has 0 unspecified atom stereocenters. The van der Waals surface area contributed by atoms with Crippen LogP contribution in [-0.2, 0) is 11.3 Å². The van der Waals surface area contributed by atoms with Gasteiger partial charge in [0.2, 0.25) is 0 Å². The summed E-state index contributed by atoms with van der Waals surface area (Å²) in [6.07, 6.45) is 0. The number of hydrogen-bond donors (Lipinski definition) is 1. The van der Waals surface area contributed by atoms with E-state index < -0.39 is 0 Å². The van der Waals surface area contributed by atoms with Crippen LogP contribution in [0.3, 0.4) is 0 Å². The van der Waals surface area contributed by atoms with E-state index in [1.54, 1.807) is 19.2 Å². The van der Waals surface area contributed by atoms with E-state index in [9.17, 15) is 4.79 Å². The van der Waals surface area contributed by atoms with Crippen LogP contribution < -0.4 is 5.32 Å². The lowest BCUT2D eigenvalue weighted by molar-refractivity contribution is 0.0915. The second kappa shape index (κ2) is 7.29. The highest BCUT2D eigenvalue weighted by atomic mass is 35.5. The number of hydrogen-bond acceptors (Lipinski definition) is 3. The van der Waals surface area contributed by atoms with Crippen LogP contribution >= 0.6 is 11.6 Å². The van der Waals surface area contributed by atoms with Gasteiger partial charge in [-0.1, -0.05) is 30.7 Å². The van der Waals surface area contributed by atoms with Crippen LogP contribution in [0.25, 0.3) is 0 Å². The van der Waals surface area contributed by atoms with Crippen molar-refractivity contribution in [2.24, 2.45) is 0 Å². The number of rotatable bonds is 6. The third-order valence-corrected chi connectivity index (χ3v) is 3.43. The molecule has 1 heterocycles. The van der Waals surface area contributed by atoms with Crippen LogP contribution in [0, 0.1) is 0 Å². The number of halogens is 1. The van der Waals surface area contributed by atoms with Crippen molar-refractivity contribution in [3.05, 3.63) is 58.5 Å². The Morgan fingerprint density at radius 1 is 1.29 bits per heavy atom. The van der Waals surface area contributed by atoms with Gasteiger partial charge in [0.15, 0.2) is 5.76 Å². The van der Waals surface area contributed by atoms with Crippen LogP contribution in [0.15, 0.2) is 40.8 Å². The van der Waals surface area contributed by atoms with E-state index in [0.29, 0.717) is 29.7 Å². The Morgan fingerprint density at radius 3 is 2.67 bits per heavy atom. The molecule has 0 aliphatic heterocycles. The minimum atomic E-state index is -0.224. The Bertz CT molecular complexity index is 592. The zero-order valence-corrected chi connectivity index (χ0v) is 12.8. The Balaban J connectivity index is 1.89. The quantitative estimate of drug-likeness (QED) is 0.887. The highest BCUT2D eigenvalue weighted by Gasteiger charge is 2.13. The summed E-state index contributed by atoms with van der Waals surface area (Å²) >= 11 is 5.86. The number of carbonyl (C=O) groups is 1. The van der Waals surface area contributed by atoms with Crippen molar-refractivity contribution in [1.29, 1.82) is 0 Å². The van der Waals surface area contributed by atoms with Gasteiger partial charge in [0.05, 0.1) is 0 Å². The number of nitrogens with one attached hydrogen (secondary N) is 1. The van der Waals surface area contributed by atoms with Gasteiger partial charge in [-0.05, 0) is 35.7 Å². The number of furan rings is 1. The van der Waals surface area contributed by atoms with E-state index >= 15 is 0 Å². The molecule has 1 aromatic heterocycles. The van der Waals surface area contributed by atoms with Crippen molar-refractivity contribution in [3.8, 4) is 0 Å². The third kappa shape index (κ3) is 4.34. The average molecular weight is 308 g/mol. The number of ether oxygens (including phenoxy) is 1. The molecule has 1 N–H and O–H groups in total. The molecule has 5 heteroatoms. The van der Waals surface area contributed by atoms with Crippen LogP contribution in [0.1, 0.15) is 34.7 Å². The minimum Gasteiger partial charge on any atom is -0.453 e. The van der Waals surface area contributed by atoms with E-state index in [2.05, 4.69) is 5.32 Å². The first kappa shape index (κ1) is 15.6. The molecule has 0 saturated carbocycles. The van der Waals surface area contributed by atoms with Gasteiger partial charge >= 0.3 is 0 Å². The van der Waals surface area contributed by atoms with Crippen molar-refractivity contribution in [2.75, 3.05) is 13.7 Å². The molecular formula is C16H18ClNO3. The lowest BCUT2D eigenvalue weighted by Gasteiger charge is -2.12. The molecule has 0 saturated heterocycles. The minimum absolute atomic E-state index is 0.194. The maximum atomic E-state index is 12.0. The van der Waals surface area contributed by atoms with Crippen molar-refractivity contribution < 1.29 is 13.9 Å². The first-order valence-electron chi connectivity index (χ1n) is 6.71. The van der Waals surface area contributed by atoms with Crippen LogP contribution in [-0.4, -0.2) is 19.6 Å². The molecule has 1 atom stereocenters. The SMILES string of the molecule is COCc1ccc(C(=O)NC[C@H](C)c2ccc(Cl)cc2)o1. The van der Waals surface area contributed by atoms with Crippen molar-refractivity contribution in [3.63, 3.8) is 0 Å². The Kier molecular flexibility index (Phi) is 5.42. The molecule has 0 bridgehead atoms. The van der Waals surface area contributed by atoms with Crippen molar-refractivity contribution in [2.45, 2.75) is 19.4 Å². The van der Waals surface area contributed by atoms with Crippen LogP contribution in [0.5, 0.6) is 0 Å². The molecule has 2 rings (SSSR count). The topological polar surface area (TPSA) is 51.5 Å². The second-order valence-corrected chi connectivity index (χ2v) is 5.30. The van der Waals surface area contributed by atoms with Gasteiger partial charge < -0.3 is 14.5 Å². The molecule has 0 aliphatic carbocycles. The first-order valence-corrected chi connectivity index (χ1v) is 7.09. The number of carbonyl (C=O) groups excluding carboxylic acids is 1. The molecular weight excluding hydrogens is 290 g/mol. The van der Waals surface area contributed by atoms with Crippen molar-refractivity contribution in [1.82, 2.24) is 5.32 Å². The van der Waals surface area contributed by atoms with E-state index in [-0.39, 0.29) is 11.8 Å². The summed E-state index contributed by atoms with van der Waals surface area (Å²) in [5.41, 5.74) is 1.12. The largest absolute Gasteiger partial charge is 0.453 e. The summed E-state index contributed by atoms with van der Waals surface area (Å²) < 4.78 is 10.3. The third-order valence-electron chi connectivity index (χ3n) is 3.18. The van der Waals surface area contributed by atoms with E-state index in [1.165, 1.54) is 0 Å². The lowest BCUT2D eigenvalue weighted by Crippen LogP contribution is -2.27. The fraction of sp³-hybridized carbons (Fsp3) is 0.312. The molecule has 1 amide bonds. The predicted octanol–water partition coefficient (Wildman–Crippen LogP) is 3.61. The maximum Gasteiger partial charge on any atom is 0.287 e. The molecule has 2 aromatic rings. The van der Waals surface area contributed by atoms with Gasteiger partial charge in [-0.3, -0.25) is 4.79 Å². The van der Waals surface area contributed by atoms with Gasteiger partial charge in [0.1, 0.15) is 12.4 Å². The predicted molar refractivity (Wildman–Crippen MR) is 81.6 cm³/mol. The number of methoxy groups -OCH3 is 1. The highest BCUT2D eigenvalue weighted by molar-refractivity contribution is 6.30. The molecule has 0 spiro atoms. The fourth-order valence-electron chi connectivity index (χ4n) is 1.96. The molecule has 4 nitrogen and oxygen atoms in total. The Morgan fingerprint density at radius 2 is 2.00 bits per heavy atom.